The number of nitrogens with zero attached hydrogens (tertiary/aromatic N) is 3. The number of benzene rings is 1. The molecule has 5 nitrogen and oxygen atoms in total. The van der Waals surface area contributed by atoms with E-state index in [1.165, 1.54) is 11.8 Å². The van der Waals surface area contributed by atoms with Gasteiger partial charge in [-0.15, -0.1) is 17.8 Å². The number of hydrogen-bond donors (Lipinski definition) is 0. The van der Waals surface area contributed by atoms with Crippen LogP contribution in [0.4, 0.5) is 22.0 Å². The fraction of sp³-hybridized carbons (Fsp3) is 0.286. The molecule has 3 aromatic rings. The highest BCUT2D eigenvalue weighted by Gasteiger charge is 2.41. The number of carbonyl (C=O) groups excluding carboxylic acids is 1. The highest BCUT2D eigenvalue weighted by atomic mass is 32.1. The monoisotopic (exact) mass is 467 g/mol. The zero-order chi connectivity index (χ0) is 23.4. The van der Waals surface area contributed by atoms with Crippen LogP contribution in [0.15, 0.2) is 29.3 Å². The van der Waals surface area contributed by atoms with E-state index in [-0.39, 0.29) is 39.3 Å². The molecule has 11 heteroatoms. The Morgan fingerprint density at radius 3 is 2.62 bits per heavy atom. The largest absolute Gasteiger partial charge is 0.419 e. The number of hydrogen-bond acceptors (Lipinski definition) is 4. The third-order valence-corrected chi connectivity index (χ3v) is 6.10. The lowest BCUT2D eigenvalue weighted by atomic mass is 9.99. The van der Waals surface area contributed by atoms with Crippen LogP contribution in [0, 0.1) is 18.2 Å². The summed E-state index contributed by atoms with van der Waals surface area (Å²) in [6, 6.07) is 2.33. The zero-order valence-electron chi connectivity index (χ0n) is 16.5. The molecule has 0 saturated carbocycles. The Morgan fingerprint density at radius 2 is 2.03 bits per heavy atom. The quantitative estimate of drug-likeness (QED) is 0.435. The van der Waals surface area contributed by atoms with E-state index >= 15 is 0 Å². The summed E-state index contributed by atoms with van der Waals surface area (Å²) in [5.74, 6) is 0.367. The van der Waals surface area contributed by atoms with Crippen molar-refractivity contribution in [3.05, 3.63) is 51.1 Å². The Balaban J connectivity index is 1.82. The molecule has 0 N–H and O–H groups in total. The van der Waals surface area contributed by atoms with Crippen molar-refractivity contribution >= 4 is 27.5 Å². The van der Waals surface area contributed by atoms with E-state index in [1.54, 1.807) is 0 Å². The first-order valence-electron chi connectivity index (χ1n) is 9.23. The maximum atomic E-state index is 13.8. The van der Waals surface area contributed by atoms with Crippen molar-refractivity contribution in [3.63, 3.8) is 0 Å². The maximum Gasteiger partial charge on any atom is 0.419 e. The summed E-state index contributed by atoms with van der Waals surface area (Å²) in [6.45, 7) is 0.733. The minimum absolute atomic E-state index is 0.0117. The third kappa shape index (κ3) is 3.75. The Bertz CT molecular complexity index is 1340. The SMILES string of the molecule is C#Cc1sc2ncn(CC(=O)N3CC(C)(F)C3)c(=O)c2c1-c1ccc(F)c(C(F)(F)F)c1. The summed E-state index contributed by atoms with van der Waals surface area (Å²) in [5.41, 5.74) is -3.76. The van der Waals surface area contributed by atoms with Gasteiger partial charge in [0.05, 0.1) is 35.2 Å². The molecule has 0 atom stereocenters. The standard InChI is InChI=1S/C21H14F5N3O2S/c1-3-14-16(11-4-5-13(22)12(6-11)21(24,25)26)17-18(32-14)27-10-28(19(17)31)7-15(30)29-8-20(2,23)9-29/h1,4-6,10H,7-9H2,2H3. The Morgan fingerprint density at radius 1 is 1.34 bits per heavy atom. The van der Waals surface area contributed by atoms with E-state index in [9.17, 15) is 31.5 Å². The second-order valence-corrected chi connectivity index (χ2v) is 8.66. The second kappa shape index (κ2) is 7.41. The molecule has 3 heterocycles. The van der Waals surface area contributed by atoms with Gasteiger partial charge in [0.2, 0.25) is 5.91 Å². The molecule has 166 valence electrons. The fourth-order valence-corrected chi connectivity index (χ4v) is 4.55. The number of alkyl halides is 4. The number of fused-ring (bicyclic) bond motifs is 1. The summed E-state index contributed by atoms with van der Waals surface area (Å²) in [5, 5.41) is -0.0723. The van der Waals surface area contributed by atoms with Gasteiger partial charge < -0.3 is 4.90 Å². The molecule has 1 aliphatic heterocycles. The van der Waals surface area contributed by atoms with Crippen LogP contribution in [-0.4, -0.2) is 39.1 Å². The molecular weight excluding hydrogens is 453 g/mol. The Hall–Kier alpha value is -3.26. The number of amides is 1. The zero-order valence-corrected chi connectivity index (χ0v) is 17.3. The molecule has 0 bridgehead atoms. The predicted octanol–water partition coefficient (Wildman–Crippen LogP) is 3.83. The number of terminal acetylenes is 1. The smallest absolute Gasteiger partial charge is 0.335 e. The van der Waals surface area contributed by atoms with Gasteiger partial charge in [-0.3, -0.25) is 14.2 Å². The van der Waals surface area contributed by atoms with Gasteiger partial charge in [-0.05, 0) is 24.6 Å². The van der Waals surface area contributed by atoms with E-state index in [4.69, 9.17) is 6.42 Å². The maximum absolute atomic E-state index is 13.8. The number of carbonyl (C=O) groups is 1. The minimum Gasteiger partial charge on any atom is -0.335 e. The Kier molecular flexibility index (Phi) is 5.08. The van der Waals surface area contributed by atoms with Gasteiger partial charge in [0.1, 0.15) is 22.9 Å². The van der Waals surface area contributed by atoms with Gasteiger partial charge in [0, 0.05) is 5.56 Å². The summed E-state index contributed by atoms with van der Waals surface area (Å²) in [7, 11) is 0. The molecule has 1 aromatic carbocycles. The van der Waals surface area contributed by atoms with Crippen LogP contribution in [-0.2, 0) is 17.5 Å². The average Bonchev–Trinajstić information content (AvgIpc) is 3.07. The van der Waals surface area contributed by atoms with Gasteiger partial charge in [-0.25, -0.2) is 13.8 Å². The van der Waals surface area contributed by atoms with Crippen molar-refractivity contribution in [2.24, 2.45) is 0 Å². The van der Waals surface area contributed by atoms with Crippen LogP contribution < -0.4 is 5.56 Å². The highest BCUT2D eigenvalue weighted by Crippen LogP contribution is 2.39. The summed E-state index contributed by atoms with van der Waals surface area (Å²) < 4.78 is 68.0. The van der Waals surface area contributed by atoms with E-state index in [0.717, 1.165) is 28.3 Å². The molecule has 4 rings (SSSR count). The van der Waals surface area contributed by atoms with Crippen molar-refractivity contribution < 1.29 is 26.7 Å². The second-order valence-electron chi connectivity index (χ2n) is 7.66. The molecule has 1 fully saturated rings. The highest BCUT2D eigenvalue weighted by molar-refractivity contribution is 7.19. The predicted molar refractivity (Wildman–Crippen MR) is 108 cm³/mol. The normalized spacial score (nSPS) is 15.5. The molecule has 0 unspecified atom stereocenters. The number of aromatic nitrogens is 2. The summed E-state index contributed by atoms with van der Waals surface area (Å²) in [4.78, 5) is 31.1. The average molecular weight is 467 g/mol. The lowest BCUT2D eigenvalue weighted by Crippen LogP contribution is -2.60. The summed E-state index contributed by atoms with van der Waals surface area (Å²) in [6.07, 6.45) is 1.68. The molecule has 32 heavy (non-hydrogen) atoms. The number of rotatable bonds is 3. The van der Waals surface area contributed by atoms with Crippen LogP contribution in [0.3, 0.4) is 0 Å². The lowest BCUT2D eigenvalue weighted by molar-refractivity contribution is -0.144. The molecule has 1 saturated heterocycles. The summed E-state index contributed by atoms with van der Waals surface area (Å²) >= 11 is 0.919. The number of likely N-dealkylation sites (tertiary alicyclic amines) is 1. The van der Waals surface area contributed by atoms with Gasteiger partial charge in [-0.2, -0.15) is 13.2 Å². The molecule has 0 aliphatic carbocycles. The molecule has 2 aromatic heterocycles. The number of halogens is 5. The third-order valence-electron chi connectivity index (χ3n) is 5.07. The van der Waals surface area contributed by atoms with Crippen LogP contribution >= 0.6 is 11.3 Å². The lowest BCUT2D eigenvalue weighted by Gasteiger charge is -2.42. The van der Waals surface area contributed by atoms with Crippen molar-refractivity contribution in [1.82, 2.24) is 14.5 Å². The van der Waals surface area contributed by atoms with Gasteiger partial charge in [0.15, 0.2) is 0 Å². The minimum atomic E-state index is -4.95. The van der Waals surface area contributed by atoms with Gasteiger partial charge >= 0.3 is 6.18 Å². The number of thiophene rings is 1. The van der Waals surface area contributed by atoms with Crippen LogP contribution in [0.5, 0.6) is 0 Å². The van der Waals surface area contributed by atoms with Crippen molar-refractivity contribution in [3.8, 4) is 23.5 Å². The van der Waals surface area contributed by atoms with E-state index in [1.807, 2.05) is 0 Å². The Labute approximate surface area is 182 Å². The van der Waals surface area contributed by atoms with Crippen LogP contribution in [0.25, 0.3) is 21.3 Å². The van der Waals surface area contributed by atoms with Crippen LogP contribution in [0.1, 0.15) is 17.4 Å². The molecule has 0 radical (unpaired) electrons. The van der Waals surface area contributed by atoms with Crippen molar-refractivity contribution in [2.45, 2.75) is 25.3 Å². The van der Waals surface area contributed by atoms with Crippen molar-refractivity contribution in [1.29, 1.82) is 0 Å². The molecule has 1 amide bonds. The fourth-order valence-electron chi connectivity index (χ4n) is 3.59. The van der Waals surface area contributed by atoms with E-state index < -0.39 is 41.2 Å². The first-order chi connectivity index (χ1) is 14.9. The molecule has 1 aliphatic rings. The van der Waals surface area contributed by atoms with E-state index in [2.05, 4.69) is 10.9 Å². The topological polar surface area (TPSA) is 55.2 Å². The van der Waals surface area contributed by atoms with Crippen molar-refractivity contribution in [2.75, 3.05) is 13.1 Å². The first-order valence-corrected chi connectivity index (χ1v) is 10.1. The molecule has 0 spiro atoms. The van der Waals surface area contributed by atoms with Gasteiger partial charge in [-0.1, -0.05) is 12.0 Å². The first kappa shape index (κ1) is 22.0. The van der Waals surface area contributed by atoms with Crippen LogP contribution in [0.2, 0.25) is 0 Å². The molecular formula is C21H14F5N3O2S. The van der Waals surface area contributed by atoms with E-state index in [0.29, 0.717) is 12.1 Å². The van der Waals surface area contributed by atoms with Gasteiger partial charge in [0.25, 0.3) is 5.56 Å².